The minimum atomic E-state index is -0.872. The second-order valence-corrected chi connectivity index (χ2v) is 5.58. The van der Waals surface area contributed by atoms with Crippen molar-refractivity contribution >= 4 is 18.0 Å². The average molecular weight is 347 g/mol. The number of hydrogen-bond donors (Lipinski definition) is 1. The highest BCUT2D eigenvalue weighted by atomic mass is 16.6. The van der Waals surface area contributed by atoms with E-state index in [0.717, 1.165) is 5.56 Å². The molecule has 25 heavy (non-hydrogen) atoms. The van der Waals surface area contributed by atoms with Crippen molar-refractivity contribution in [2.24, 2.45) is 5.92 Å². The molecule has 7 nitrogen and oxygen atoms in total. The zero-order chi connectivity index (χ0) is 18.4. The number of carbonyl (C=O) groups excluding carboxylic acids is 3. The molecule has 0 radical (unpaired) electrons. The Morgan fingerprint density at radius 2 is 1.88 bits per heavy atom. The number of alkyl carbamates (subject to hydrolysis) is 1. The largest absolute Gasteiger partial charge is 0.462 e. The maximum Gasteiger partial charge on any atom is 0.407 e. The summed E-state index contributed by atoms with van der Waals surface area (Å²) in [5, 5.41) is 2.57. The van der Waals surface area contributed by atoms with Gasteiger partial charge in [-0.05, 0) is 26.3 Å². The summed E-state index contributed by atoms with van der Waals surface area (Å²) in [5.41, 5.74) is 0.941. The Morgan fingerprint density at radius 3 is 2.52 bits per heavy atom. The van der Waals surface area contributed by atoms with Crippen molar-refractivity contribution in [3.63, 3.8) is 0 Å². The smallest absolute Gasteiger partial charge is 0.407 e. The van der Waals surface area contributed by atoms with Crippen molar-refractivity contribution in [1.29, 1.82) is 0 Å². The van der Waals surface area contributed by atoms with Gasteiger partial charge in [0.15, 0.2) is 0 Å². The molecule has 134 valence electrons. The molecular formula is C18H21NO6. The molecule has 0 saturated heterocycles. The van der Waals surface area contributed by atoms with Gasteiger partial charge in [-0.3, -0.25) is 4.79 Å². The molecule has 0 fully saturated rings. The summed E-state index contributed by atoms with van der Waals surface area (Å²) in [6.45, 7) is 4.97. The summed E-state index contributed by atoms with van der Waals surface area (Å²) < 4.78 is 15.2. The maximum atomic E-state index is 12.2. The monoisotopic (exact) mass is 347 g/mol. The van der Waals surface area contributed by atoms with Crippen LogP contribution in [0.25, 0.3) is 0 Å². The van der Waals surface area contributed by atoms with E-state index in [2.05, 4.69) is 5.32 Å². The van der Waals surface area contributed by atoms with Crippen molar-refractivity contribution < 1.29 is 28.6 Å². The van der Waals surface area contributed by atoms with E-state index in [1.54, 1.807) is 13.8 Å². The van der Waals surface area contributed by atoms with Crippen LogP contribution >= 0.6 is 0 Å². The van der Waals surface area contributed by atoms with E-state index >= 15 is 0 Å². The van der Waals surface area contributed by atoms with Crippen molar-refractivity contribution in [1.82, 2.24) is 5.32 Å². The van der Waals surface area contributed by atoms with Gasteiger partial charge in [0.05, 0.1) is 24.1 Å². The molecule has 0 bridgehead atoms. The lowest BCUT2D eigenvalue weighted by molar-refractivity contribution is -0.148. The van der Waals surface area contributed by atoms with Crippen molar-refractivity contribution in [3.8, 4) is 0 Å². The highest BCUT2D eigenvalue weighted by Gasteiger charge is 2.40. The van der Waals surface area contributed by atoms with E-state index in [1.165, 1.54) is 6.92 Å². The minimum absolute atomic E-state index is 0.0790. The maximum absolute atomic E-state index is 12.2. The third kappa shape index (κ3) is 4.59. The van der Waals surface area contributed by atoms with E-state index in [0.29, 0.717) is 0 Å². The first-order chi connectivity index (χ1) is 11.9. The predicted molar refractivity (Wildman–Crippen MR) is 88.1 cm³/mol. The summed E-state index contributed by atoms with van der Waals surface area (Å²) in [6.07, 6.45) is -0.731. The number of ether oxygens (including phenoxy) is 3. The van der Waals surface area contributed by atoms with Crippen LogP contribution in [0.4, 0.5) is 4.79 Å². The van der Waals surface area contributed by atoms with E-state index in [1.807, 2.05) is 30.3 Å². The fraction of sp³-hybridized carbons (Fsp3) is 0.389. The third-order valence-corrected chi connectivity index (χ3v) is 3.80. The van der Waals surface area contributed by atoms with Crippen LogP contribution in [-0.2, 0) is 30.4 Å². The molecule has 2 rings (SSSR count). The van der Waals surface area contributed by atoms with E-state index in [9.17, 15) is 14.4 Å². The van der Waals surface area contributed by atoms with Crippen molar-refractivity contribution in [3.05, 3.63) is 47.2 Å². The zero-order valence-electron chi connectivity index (χ0n) is 14.4. The van der Waals surface area contributed by atoms with Crippen molar-refractivity contribution in [2.75, 3.05) is 6.61 Å². The van der Waals surface area contributed by atoms with Crippen LogP contribution < -0.4 is 5.32 Å². The van der Waals surface area contributed by atoms with E-state index in [-0.39, 0.29) is 24.5 Å². The molecule has 1 aromatic carbocycles. The molecular weight excluding hydrogens is 326 g/mol. The SMILES string of the molecule is CCOC(=O)C1=C(C)OC(=O)[C@H](C)[C@H]1NC(=O)OCc1ccccc1. The summed E-state index contributed by atoms with van der Waals surface area (Å²) >= 11 is 0. The molecule has 1 N–H and O–H groups in total. The molecule has 0 spiro atoms. The molecule has 1 heterocycles. The third-order valence-electron chi connectivity index (χ3n) is 3.80. The average Bonchev–Trinajstić information content (AvgIpc) is 2.58. The van der Waals surface area contributed by atoms with Crippen LogP contribution in [0.5, 0.6) is 0 Å². The Hall–Kier alpha value is -2.83. The van der Waals surface area contributed by atoms with Crippen LogP contribution in [0, 0.1) is 5.92 Å². The first kappa shape index (κ1) is 18.5. The minimum Gasteiger partial charge on any atom is -0.462 e. The molecule has 0 aromatic heterocycles. The highest BCUT2D eigenvalue weighted by molar-refractivity contribution is 5.94. The lowest BCUT2D eigenvalue weighted by Gasteiger charge is -2.30. The number of benzene rings is 1. The van der Waals surface area contributed by atoms with Gasteiger partial charge in [0.2, 0.25) is 0 Å². The molecule has 1 aliphatic heterocycles. The Bertz CT molecular complexity index is 682. The molecule has 1 aromatic rings. The van der Waals surface area contributed by atoms with Gasteiger partial charge >= 0.3 is 18.0 Å². The number of carbonyl (C=O) groups is 3. The van der Waals surface area contributed by atoms with Gasteiger partial charge in [-0.1, -0.05) is 30.3 Å². The van der Waals surface area contributed by atoms with Gasteiger partial charge in [-0.25, -0.2) is 9.59 Å². The van der Waals surface area contributed by atoms with Gasteiger partial charge in [-0.15, -0.1) is 0 Å². The Kier molecular flexibility index (Phi) is 6.16. The predicted octanol–water partition coefficient (Wildman–Crippen LogP) is 2.31. The van der Waals surface area contributed by atoms with Crippen molar-refractivity contribution in [2.45, 2.75) is 33.4 Å². The van der Waals surface area contributed by atoms with Gasteiger partial charge in [0.25, 0.3) is 0 Å². The molecule has 7 heteroatoms. The Labute approximate surface area is 145 Å². The van der Waals surface area contributed by atoms with Gasteiger partial charge in [0.1, 0.15) is 12.4 Å². The second kappa shape index (κ2) is 8.32. The van der Waals surface area contributed by atoms with E-state index in [4.69, 9.17) is 14.2 Å². The highest BCUT2D eigenvalue weighted by Crippen LogP contribution is 2.26. The van der Waals surface area contributed by atoms with Crippen LogP contribution in [0.2, 0.25) is 0 Å². The first-order valence-corrected chi connectivity index (χ1v) is 8.00. The molecule has 0 unspecified atom stereocenters. The van der Waals surface area contributed by atoms with Crippen LogP contribution in [0.15, 0.2) is 41.7 Å². The lowest BCUT2D eigenvalue weighted by atomic mass is 9.91. The normalized spacial score (nSPS) is 19.9. The summed E-state index contributed by atoms with van der Waals surface area (Å²) in [5.74, 6) is -1.78. The van der Waals surface area contributed by atoms with Gasteiger partial charge in [0, 0.05) is 0 Å². The fourth-order valence-corrected chi connectivity index (χ4v) is 2.47. The number of rotatable bonds is 5. The Balaban J connectivity index is 2.10. The quantitative estimate of drug-likeness (QED) is 0.649. The molecule has 0 saturated carbocycles. The zero-order valence-corrected chi connectivity index (χ0v) is 14.4. The number of esters is 2. The Morgan fingerprint density at radius 1 is 1.20 bits per heavy atom. The number of cyclic esters (lactones) is 1. The lowest BCUT2D eigenvalue weighted by Crippen LogP contribution is -2.49. The van der Waals surface area contributed by atoms with Crippen LogP contribution in [0.1, 0.15) is 26.3 Å². The summed E-state index contributed by atoms with van der Waals surface area (Å²) in [7, 11) is 0. The summed E-state index contributed by atoms with van der Waals surface area (Å²) in [6, 6.07) is 8.30. The molecule has 1 aliphatic rings. The first-order valence-electron chi connectivity index (χ1n) is 8.00. The molecule has 0 aliphatic carbocycles. The van der Waals surface area contributed by atoms with Gasteiger partial charge in [-0.2, -0.15) is 0 Å². The topological polar surface area (TPSA) is 90.9 Å². The van der Waals surface area contributed by atoms with Gasteiger partial charge < -0.3 is 19.5 Å². The number of nitrogens with one attached hydrogen (secondary N) is 1. The molecule has 2 atom stereocenters. The standard InChI is InChI=1S/C18H21NO6/c1-4-23-17(21)14-12(3)25-16(20)11(2)15(14)19-18(22)24-10-13-8-6-5-7-9-13/h5-9,11,15H,4,10H2,1-3H3,(H,19,22)/t11-,15-/m1/s1. The van der Waals surface area contributed by atoms with Crippen LogP contribution in [-0.4, -0.2) is 30.7 Å². The number of allylic oxidation sites excluding steroid dienone is 1. The van der Waals surface area contributed by atoms with E-state index < -0.39 is 30.0 Å². The second-order valence-electron chi connectivity index (χ2n) is 5.58. The number of hydrogen-bond acceptors (Lipinski definition) is 6. The fourth-order valence-electron chi connectivity index (χ4n) is 2.47. The van der Waals surface area contributed by atoms with Crippen LogP contribution in [0.3, 0.4) is 0 Å². The number of amides is 1. The molecule has 1 amide bonds. The summed E-state index contributed by atoms with van der Waals surface area (Å²) in [4.78, 5) is 36.2.